The van der Waals surface area contributed by atoms with Crippen molar-refractivity contribution in [3.63, 3.8) is 0 Å². The van der Waals surface area contributed by atoms with Gasteiger partial charge in [-0.1, -0.05) is 5.21 Å². The number of amides is 1. The van der Waals surface area contributed by atoms with Gasteiger partial charge in [0.1, 0.15) is 30.1 Å². The van der Waals surface area contributed by atoms with Gasteiger partial charge in [0.05, 0.1) is 25.8 Å². The van der Waals surface area contributed by atoms with Gasteiger partial charge in [0.25, 0.3) is 5.91 Å². The van der Waals surface area contributed by atoms with E-state index in [-0.39, 0.29) is 55.9 Å². The second kappa shape index (κ2) is 9.56. The van der Waals surface area contributed by atoms with E-state index < -0.39 is 60.5 Å². The Bertz CT molecular complexity index is 709. The normalized spacial score (nSPS) is 30.6. The van der Waals surface area contributed by atoms with E-state index in [4.69, 9.17) is 9.47 Å². The number of carbonyl (C=O) groups is 2. The smallest absolute Gasteiger partial charge is 0.543 e. The van der Waals surface area contributed by atoms with Crippen molar-refractivity contribution in [2.75, 3.05) is 32.9 Å². The molecular weight excluding hydrogens is 391 g/mol. The standard InChI is InChI=1S/C14H20N4O9.Na/c19-5-6-9(20)10(21)11(22)13(27-6)18-8(14(24)25)7(15-16-18)12(23)17-1-3-26-4-2-17;/h6,9-11,13,19-22H,1-5H2,(H,24,25);/q;+1/p-1/t6-,9-,10+,11-,13-;/m1./s1. The van der Waals surface area contributed by atoms with Crippen LogP contribution in [0.2, 0.25) is 0 Å². The van der Waals surface area contributed by atoms with E-state index in [2.05, 4.69) is 10.3 Å². The molecule has 14 heteroatoms. The molecule has 2 aliphatic rings. The van der Waals surface area contributed by atoms with Crippen LogP contribution in [-0.2, 0) is 9.47 Å². The Morgan fingerprint density at radius 1 is 1.14 bits per heavy atom. The van der Waals surface area contributed by atoms with Crippen LogP contribution in [0.4, 0.5) is 0 Å². The summed E-state index contributed by atoms with van der Waals surface area (Å²) in [5.74, 6) is -2.51. The molecule has 4 N–H and O–H groups in total. The predicted molar refractivity (Wildman–Crippen MR) is 80.1 cm³/mol. The van der Waals surface area contributed by atoms with Gasteiger partial charge < -0.3 is 44.7 Å². The van der Waals surface area contributed by atoms with Crippen molar-refractivity contribution >= 4 is 11.9 Å². The SMILES string of the molecule is O=C([O-])c1c(C(=O)N2CCOCC2)nnn1[C@@H]1O[C@H](CO)[C@@H](O)[C@H](O)[C@H]1O.[Na+]. The van der Waals surface area contributed by atoms with Gasteiger partial charge in [-0.3, -0.25) is 4.79 Å². The molecule has 0 aliphatic carbocycles. The molecular formula is C14H19N4NaO9. The number of aliphatic hydroxyl groups is 4. The summed E-state index contributed by atoms with van der Waals surface area (Å²) in [6, 6.07) is 0. The number of carboxylic acid groups (broad SMARTS) is 1. The number of morpholine rings is 1. The van der Waals surface area contributed by atoms with Crippen molar-refractivity contribution in [1.29, 1.82) is 0 Å². The molecule has 13 nitrogen and oxygen atoms in total. The number of carboxylic acids is 1. The molecule has 0 bridgehead atoms. The van der Waals surface area contributed by atoms with Gasteiger partial charge in [-0.25, -0.2) is 4.68 Å². The summed E-state index contributed by atoms with van der Waals surface area (Å²) in [6.07, 6.45) is -8.09. The maximum Gasteiger partial charge on any atom is 1.00 e. The van der Waals surface area contributed by atoms with Gasteiger partial charge >= 0.3 is 29.6 Å². The third kappa shape index (κ3) is 4.22. The molecule has 0 radical (unpaired) electrons. The van der Waals surface area contributed by atoms with Gasteiger partial charge in [-0.2, -0.15) is 0 Å². The van der Waals surface area contributed by atoms with Crippen molar-refractivity contribution in [1.82, 2.24) is 19.9 Å². The minimum atomic E-state index is -1.80. The molecule has 1 amide bonds. The summed E-state index contributed by atoms with van der Waals surface area (Å²) in [5.41, 5.74) is -1.27. The molecule has 5 atom stereocenters. The van der Waals surface area contributed by atoms with Gasteiger partial charge in [0, 0.05) is 13.1 Å². The molecule has 2 saturated heterocycles. The molecule has 3 heterocycles. The first kappa shape index (κ1) is 23.1. The quantitative estimate of drug-likeness (QED) is 0.345. The molecule has 2 aliphatic heterocycles. The van der Waals surface area contributed by atoms with E-state index >= 15 is 0 Å². The van der Waals surface area contributed by atoms with Crippen LogP contribution in [0.5, 0.6) is 0 Å². The van der Waals surface area contributed by atoms with Crippen molar-refractivity contribution in [3.05, 3.63) is 11.4 Å². The largest absolute Gasteiger partial charge is 1.00 e. The molecule has 28 heavy (non-hydrogen) atoms. The summed E-state index contributed by atoms with van der Waals surface area (Å²) >= 11 is 0. The summed E-state index contributed by atoms with van der Waals surface area (Å²) in [4.78, 5) is 25.5. The van der Waals surface area contributed by atoms with Crippen LogP contribution in [0.3, 0.4) is 0 Å². The Hall–Kier alpha value is -1.16. The third-order valence-corrected chi connectivity index (χ3v) is 4.50. The maximum absolute atomic E-state index is 12.6. The number of hydrogen-bond donors (Lipinski definition) is 4. The summed E-state index contributed by atoms with van der Waals surface area (Å²) in [6.45, 7) is 0.327. The molecule has 0 saturated carbocycles. The summed E-state index contributed by atoms with van der Waals surface area (Å²) < 4.78 is 11.0. The van der Waals surface area contributed by atoms with Crippen LogP contribution in [0.1, 0.15) is 27.2 Å². The second-order valence-electron chi connectivity index (χ2n) is 6.14. The average molecular weight is 410 g/mol. The van der Waals surface area contributed by atoms with Crippen molar-refractivity contribution in [2.24, 2.45) is 0 Å². The number of hydrogen-bond acceptors (Lipinski definition) is 11. The van der Waals surface area contributed by atoms with E-state index in [1.165, 1.54) is 4.90 Å². The number of aromatic carboxylic acids is 1. The van der Waals surface area contributed by atoms with E-state index in [0.29, 0.717) is 4.68 Å². The summed E-state index contributed by atoms with van der Waals surface area (Å²) in [7, 11) is 0. The molecule has 0 aromatic carbocycles. The van der Waals surface area contributed by atoms with Gasteiger partial charge in [0.2, 0.25) is 0 Å². The van der Waals surface area contributed by atoms with Crippen molar-refractivity contribution in [3.8, 4) is 0 Å². The van der Waals surface area contributed by atoms with Crippen LogP contribution < -0.4 is 34.7 Å². The van der Waals surface area contributed by atoms with Gasteiger partial charge in [0.15, 0.2) is 11.9 Å². The Labute approximate surface area is 180 Å². The van der Waals surface area contributed by atoms with Crippen LogP contribution in [0.15, 0.2) is 0 Å². The van der Waals surface area contributed by atoms with E-state index in [1.807, 2.05) is 0 Å². The molecule has 0 spiro atoms. The minimum Gasteiger partial charge on any atom is -0.543 e. The third-order valence-electron chi connectivity index (χ3n) is 4.50. The molecule has 150 valence electrons. The van der Waals surface area contributed by atoms with Crippen molar-refractivity contribution in [2.45, 2.75) is 30.6 Å². The molecule has 1 aromatic rings. The number of rotatable bonds is 4. The Kier molecular flexibility index (Phi) is 7.89. The fourth-order valence-electron chi connectivity index (χ4n) is 3.01. The van der Waals surface area contributed by atoms with Crippen LogP contribution >= 0.6 is 0 Å². The molecule has 3 rings (SSSR count). The fraction of sp³-hybridized carbons (Fsp3) is 0.714. The summed E-state index contributed by atoms with van der Waals surface area (Å²) in [5, 5.41) is 57.9. The molecule has 1 aromatic heterocycles. The number of carbonyl (C=O) groups excluding carboxylic acids is 2. The zero-order valence-electron chi connectivity index (χ0n) is 15.0. The predicted octanol–water partition coefficient (Wildman–Crippen LogP) is -7.91. The monoisotopic (exact) mass is 410 g/mol. The first-order valence-electron chi connectivity index (χ1n) is 8.21. The number of aliphatic hydroxyl groups excluding tert-OH is 4. The first-order chi connectivity index (χ1) is 12.9. The Morgan fingerprint density at radius 3 is 2.36 bits per heavy atom. The van der Waals surface area contributed by atoms with E-state index in [0.717, 1.165) is 0 Å². The zero-order valence-corrected chi connectivity index (χ0v) is 17.0. The van der Waals surface area contributed by atoms with Gasteiger partial charge in [-0.15, -0.1) is 5.10 Å². The second-order valence-corrected chi connectivity index (χ2v) is 6.14. The topological polar surface area (TPSA) is 191 Å². The maximum atomic E-state index is 12.6. The van der Waals surface area contributed by atoms with E-state index in [9.17, 15) is 35.1 Å². The molecule has 2 fully saturated rings. The zero-order chi connectivity index (χ0) is 19.7. The first-order valence-corrected chi connectivity index (χ1v) is 8.21. The number of aromatic nitrogens is 3. The van der Waals surface area contributed by atoms with Gasteiger partial charge in [-0.05, 0) is 0 Å². The number of nitrogens with zero attached hydrogens (tertiary/aromatic N) is 4. The van der Waals surface area contributed by atoms with Crippen LogP contribution in [-0.4, -0.2) is 110 Å². The van der Waals surface area contributed by atoms with Crippen LogP contribution in [0.25, 0.3) is 0 Å². The number of ether oxygens (including phenoxy) is 2. The van der Waals surface area contributed by atoms with E-state index in [1.54, 1.807) is 0 Å². The Balaban J connectivity index is 0.00000280. The average Bonchev–Trinajstić information content (AvgIpc) is 3.11. The molecule has 0 unspecified atom stereocenters. The fourth-order valence-corrected chi connectivity index (χ4v) is 3.01. The Morgan fingerprint density at radius 2 is 1.79 bits per heavy atom. The van der Waals surface area contributed by atoms with Crippen LogP contribution in [0, 0.1) is 0 Å². The minimum absolute atomic E-state index is 0. The van der Waals surface area contributed by atoms with Crippen molar-refractivity contribution < 1.29 is 74.2 Å².